The van der Waals surface area contributed by atoms with Gasteiger partial charge >= 0.3 is 0 Å². The van der Waals surface area contributed by atoms with E-state index in [-0.39, 0.29) is 11.9 Å². The van der Waals surface area contributed by atoms with Gasteiger partial charge in [0.05, 0.1) is 11.6 Å². The predicted octanol–water partition coefficient (Wildman–Crippen LogP) is 5.08. The molecule has 1 aliphatic rings. The van der Waals surface area contributed by atoms with Gasteiger partial charge in [-0.25, -0.2) is 4.39 Å². The first kappa shape index (κ1) is 16.0. The number of benzene rings is 2. The van der Waals surface area contributed by atoms with Gasteiger partial charge in [-0.1, -0.05) is 23.7 Å². The minimum atomic E-state index is -0.252. The Hall–Kier alpha value is -1.89. The zero-order chi connectivity index (χ0) is 16.4. The van der Waals surface area contributed by atoms with Crippen molar-refractivity contribution in [3.8, 4) is 6.07 Å². The second-order valence-corrected chi connectivity index (χ2v) is 6.49. The highest BCUT2D eigenvalue weighted by Crippen LogP contribution is 2.36. The molecule has 2 aromatic rings. The van der Waals surface area contributed by atoms with Gasteiger partial charge in [-0.2, -0.15) is 5.26 Å². The van der Waals surface area contributed by atoms with Gasteiger partial charge in [0.15, 0.2) is 0 Å². The molecular weight excluding hydrogens is 311 g/mol. The summed E-state index contributed by atoms with van der Waals surface area (Å²) in [5, 5.41) is 9.74. The molecule has 0 bridgehead atoms. The molecule has 0 radical (unpaired) electrons. The van der Waals surface area contributed by atoms with Crippen molar-refractivity contribution in [2.75, 3.05) is 0 Å². The predicted molar refractivity (Wildman–Crippen MR) is 89.5 cm³/mol. The van der Waals surface area contributed by atoms with Crippen LogP contribution < -0.4 is 0 Å². The molecule has 118 valence electrons. The zero-order valence-electron chi connectivity index (χ0n) is 13.0. The maximum Gasteiger partial charge on any atom is 0.127 e. The van der Waals surface area contributed by atoms with Crippen LogP contribution in [-0.2, 0) is 6.54 Å². The number of nitrogens with zero attached hydrogens (tertiary/aromatic N) is 2. The number of rotatable bonds is 5. The van der Waals surface area contributed by atoms with Crippen LogP contribution >= 0.6 is 11.6 Å². The van der Waals surface area contributed by atoms with Crippen LogP contribution in [0, 0.1) is 17.1 Å². The molecule has 1 saturated carbocycles. The average molecular weight is 329 g/mol. The van der Waals surface area contributed by atoms with Gasteiger partial charge < -0.3 is 0 Å². The molecule has 0 N–H and O–H groups in total. The molecule has 1 fully saturated rings. The van der Waals surface area contributed by atoms with Crippen molar-refractivity contribution in [2.45, 2.75) is 38.4 Å². The molecule has 3 rings (SSSR count). The molecule has 0 saturated heterocycles. The van der Waals surface area contributed by atoms with Gasteiger partial charge in [-0.05, 0) is 55.7 Å². The van der Waals surface area contributed by atoms with Crippen LogP contribution in [0.5, 0.6) is 0 Å². The lowest BCUT2D eigenvalue weighted by Gasteiger charge is -2.30. The molecule has 1 atom stereocenters. The fourth-order valence-electron chi connectivity index (χ4n) is 2.88. The van der Waals surface area contributed by atoms with Crippen LogP contribution in [0.15, 0.2) is 42.5 Å². The third kappa shape index (κ3) is 3.72. The third-order valence-corrected chi connectivity index (χ3v) is 4.65. The van der Waals surface area contributed by atoms with E-state index in [4.69, 9.17) is 16.9 Å². The Morgan fingerprint density at radius 1 is 1.26 bits per heavy atom. The third-order valence-electron chi connectivity index (χ3n) is 4.39. The van der Waals surface area contributed by atoms with E-state index < -0.39 is 0 Å². The van der Waals surface area contributed by atoms with E-state index >= 15 is 0 Å². The summed E-state index contributed by atoms with van der Waals surface area (Å²) in [7, 11) is 0. The van der Waals surface area contributed by atoms with Crippen molar-refractivity contribution in [2.24, 2.45) is 0 Å². The highest BCUT2D eigenvalue weighted by molar-refractivity contribution is 6.30. The Bertz CT molecular complexity index is 732. The Kier molecular flexibility index (Phi) is 4.66. The van der Waals surface area contributed by atoms with Gasteiger partial charge in [0, 0.05) is 29.2 Å². The van der Waals surface area contributed by atoms with E-state index in [2.05, 4.69) is 17.9 Å². The largest absolute Gasteiger partial charge is 0.289 e. The zero-order valence-corrected chi connectivity index (χ0v) is 13.7. The molecule has 1 aliphatic carbocycles. The standard InChI is InChI=1S/C19H18ClFN2/c1-13(15-3-5-17(20)6-4-15)23(18-7-8-18)12-16-10-14(11-22)2-9-19(16)21/h2-6,9-10,13,18H,7-8,12H2,1H3/t13-/m0/s1. The van der Waals surface area contributed by atoms with Crippen LogP contribution in [0.3, 0.4) is 0 Å². The van der Waals surface area contributed by atoms with Crippen molar-refractivity contribution < 1.29 is 4.39 Å². The van der Waals surface area contributed by atoms with Gasteiger partial charge in [-0.3, -0.25) is 4.90 Å². The van der Waals surface area contributed by atoms with Gasteiger partial charge in [0.2, 0.25) is 0 Å². The van der Waals surface area contributed by atoms with Gasteiger partial charge in [0.25, 0.3) is 0 Å². The van der Waals surface area contributed by atoms with E-state index in [1.54, 1.807) is 6.07 Å². The summed E-state index contributed by atoms with van der Waals surface area (Å²) in [6.45, 7) is 2.64. The lowest BCUT2D eigenvalue weighted by Crippen LogP contribution is -2.29. The smallest absolute Gasteiger partial charge is 0.127 e. The second kappa shape index (κ2) is 6.70. The maximum atomic E-state index is 14.1. The Morgan fingerprint density at radius 2 is 1.96 bits per heavy atom. The monoisotopic (exact) mass is 328 g/mol. The fraction of sp³-hybridized carbons (Fsp3) is 0.316. The Labute approximate surface area is 141 Å². The van der Waals surface area contributed by atoms with E-state index in [9.17, 15) is 4.39 Å². The van der Waals surface area contributed by atoms with E-state index in [1.165, 1.54) is 12.1 Å². The minimum Gasteiger partial charge on any atom is -0.289 e. The van der Waals surface area contributed by atoms with Gasteiger partial charge in [0.1, 0.15) is 5.82 Å². The molecule has 4 heteroatoms. The molecule has 0 heterocycles. The molecule has 23 heavy (non-hydrogen) atoms. The quantitative estimate of drug-likeness (QED) is 0.765. The van der Waals surface area contributed by atoms with Crippen LogP contribution in [0.1, 0.15) is 42.5 Å². The molecule has 0 unspecified atom stereocenters. The SMILES string of the molecule is C[C@@H](c1ccc(Cl)cc1)N(Cc1cc(C#N)ccc1F)C1CC1. The summed E-state index contributed by atoms with van der Waals surface area (Å²) in [5.74, 6) is -0.252. The molecule has 0 spiro atoms. The van der Waals surface area contributed by atoms with Gasteiger partial charge in [-0.15, -0.1) is 0 Å². The number of hydrogen-bond donors (Lipinski definition) is 0. The lowest BCUT2D eigenvalue weighted by atomic mass is 10.0. The summed E-state index contributed by atoms with van der Waals surface area (Å²) in [6.07, 6.45) is 2.27. The van der Waals surface area contributed by atoms with Crippen LogP contribution in [0.2, 0.25) is 5.02 Å². The number of hydrogen-bond acceptors (Lipinski definition) is 2. The first-order valence-corrected chi connectivity index (χ1v) is 8.16. The highest BCUT2D eigenvalue weighted by Gasteiger charge is 2.33. The fourth-order valence-corrected chi connectivity index (χ4v) is 3.01. The highest BCUT2D eigenvalue weighted by atomic mass is 35.5. The van der Waals surface area contributed by atoms with Crippen LogP contribution in [-0.4, -0.2) is 10.9 Å². The second-order valence-electron chi connectivity index (χ2n) is 6.05. The van der Waals surface area contributed by atoms with Crippen LogP contribution in [0.25, 0.3) is 0 Å². The van der Waals surface area contributed by atoms with Crippen molar-refractivity contribution in [1.82, 2.24) is 4.90 Å². The molecule has 2 aromatic carbocycles. The number of nitriles is 1. The average Bonchev–Trinajstić information content (AvgIpc) is 3.39. The Balaban J connectivity index is 1.85. The van der Waals surface area contributed by atoms with Crippen molar-refractivity contribution in [3.63, 3.8) is 0 Å². The summed E-state index contributed by atoms with van der Waals surface area (Å²) >= 11 is 5.96. The minimum absolute atomic E-state index is 0.171. The topological polar surface area (TPSA) is 27.0 Å². The summed E-state index contributed by atoms with van der Waals surface area (Å²) in [6, 6.07) is 15.1. The van der Waals surface area contributed by atoms with Crippen molar-refractivity contribution in [3.05, 3.63) is 70.0 Å². The summed E-state index contributed by atoms with van der Waals surface area (Å²) in [5.41, 5.74) is 2.24. The van der Waals surface area contributed by atoms with Crippen molar-refractivity contribution in [1.29, 1.82) is 5.26 Å². The molecule has 0 amide bonds. The normalized spacial score (nSPS) is 15.4. The number of halogens is 2. The molecule has 2 nitrogen and oxygen atoms in total. The maximum absolute atomic E-state index is 14.1. The molecule has 0 aliphatic heterocycles. The molecular formula is C19H18ClFN2. The van der Waals surface area contributed by atoms with Crippen molar-refractivity contribution >= 4 is 11.6 Å². The van der Waals surface area contributed by atoms with E-state index in [0.29, 0.717) is 28.7 Å². The van der Waals surface area contributed by atoms with E-state index in [1.807, 2.05) is 24.3 Å². The Morgan fingerprint density at radius 3 is 2.57 bits per heavy atom. The first-order chi connectivity index (χ1) is 11.1. The summed E-state index contributed by atoms with van der Waals surface area (Å²) < 4.78 is 14.1. The first-order valence-electron chi connectivity index (χ1n) is 7.78. The summed E-state index contributed by atoms with van der Waals surface area (Å²) in [4.78, 5) is 2.31. The lowest BCUT2D eigenvalue weighted by molar-refractivity contribution is 0.188. The van der Waals surface area contributed by atoms with Crippen LogP contribution in [0.4, 0.5) is 4.39 Å². The molecule has 0 aromatic heterocycles. The van der Waals surface area contributed by atoms with E-state index in [0.717, 1.165) is 18.4 Å².